The van der Waals surface area contributed by atoms with E-state index in [0.29, 0.717) is 30.8 Å². The minimum atomic E-state index is -0.951. The third kappa shape index (κ3) is 4.49. The highest BCUT2D eigenvalue weighted by Gasteiger charge is 2.46. The fraction of sp³-hybridized carbons (Fsp3) is 0.500. The molecule has 1 aromatic rings. The molecule has 2 N–H and O–H groups in total. The summed E-state index contributed by atoms with van der Waals surface area (Å²) < 4.78 is 5.10. The van der Waals surface area contributed by atoms with Gasteiger partial charge < -0.3 is 20.1 Å². The van der Waals surface area contributed by atoms with Crippen LogP contribution in [0.4, 0.5) is 5.69 Å². The van der Waals surface area contributed by atoms with Crippen molar-refractivity contribution >= 4 is 23.5 Å². The van der Waals surface area contributed by atoms with Crippen LogP contribution < -0.4 is 10.1 Å². The summed E-state index contributed by atoms with van der Waals surface area (Å²) in [7, 11) is 1.54. The minimum absolute atomic E-state index is 0.0530. The second kappa shape index (κ2) is 8.00. The molecule has 0 saturated heterocycles. The van der Waals surface area contributed by atoms with Crippen LogP contribution in [0.1, 0.15) is 32.6 Å². The molecule has 0 unspecified atom stereocenters. The molecule has 2 rings (SSSR count). The van der Waals surface area contributed by atoms with Crippen molar-refractivity contribution < 1.29 is 24.2 Å². The number of carbonyl (C=O) groups is 3. The van der Waals surface area contributed by atoms with Gasteiger partial charge in [-0.3, -0.25) is 14.4 Å². The standard InChI is InChI=1S/C18H24N2O5/c1-3-20(16(22)11-18(17(23)24)8-5-9-18)12-15(21)19-13-6-4-7-14(10-13)25-2/h4,6-7,10H,3,5,8-9,11-12H2,1-2H3,(H,19,21)(H,23,24). The molecule has 0 radical (unpaired) electrons. The molecule has 2 amide bonds. The second-order valence-corrected chi connectivity index (χ2v) is 6.30. The van der Waals surface area contributed by atoms with Crippen LogP contribution in [0.5, 0.6) is 5.75 Å². The summed E-state index contributed by atoms with van der Waals surface area (Å²) in [5.41, 5.74) is -0.373. The number of likely N-dealkylation sites (N-methyl/N-ethyl adjacent to an activating group) is 1. The minimum Gasteiger partial charge on any atom is -0.497 e. The van der Waals surface area contributed by atoms with Gasteiger partial charge in [0.2, 0.25) is 11.8 Å². The molecule has 0 aromatic heterocycles. The maximum absolute atomic E-state index is 12.4. The Morgan fingerprint density at radius 3 is 2.56 bits per heavy atom. The van der Waals surface area contributed by atoms with Crippen molar-refractivity contribution in [3.05, 3.63) is 24.3 Å². The highest BCUT2D eigenvalue weighted by atomic mass is 16.5. The van der Waals surface area contributed by atoms with Gasteiger partial charge in [-0.15, -0.1) is 0 Å². The predicted molar refractivity (Wildman–Crippen MR) is 92.4 cm³/mol. The van der Waals surface area contributed by atoms with Gasteiger partial charge in [-0.2, -0.15) is 0 Å². The molecule has 0 atom stereocenters. The van der Waals surface area contributed by atoms with E-state index in [2.05, 4.69) is 5.32 Å². The molecule has 1 saturated carbocycles. The summed E-state index contributed by atoms with van der Waals surface area (Å²) in [4.78, 5) is 37.4. The quantitative estimate of drug-likeness (QED) is 0.750. The van der Waals surface area contributed by atoms with Gasteiger partial charge in [-0.25, -0.2) is 0 Å². The number of nitrogens with zero attached hydrogens (tertiary/aromatic N) is 1. The molecule has 0 bridgehead atoms. The summed E-state index contributed by atoms with van der Waals surface area (Å²) >= 11 is 0. The van der Waals surface area contributed by atoms with Crippen molar-refractivity contribution in [2.45, 2.75) is 32.6 Å². The van der Waals surface area contributed by atoms with Crippen LogP contribution in [0.2, 0.25) is 0 Å². The Kier molecular flexibility index (Phi) is 6.01. The Bertz CT molecular complexity index is 655. The average Bonchev–Trinajstić information content (AvgIpc) is 2.55. The molecule has 1 aliphatic rings. The Balaban J connectivity index is 1.94. The summed E-state index contributed by atoms with van der Waals surface area (Å²) in [5.74, 6) is -0.939. The Labute approximate surface area is 147 Å². The van der Waals surface area contributed by atoms with E-state index in [0.717, 1.165) is 6.42 Å². The van der Waals surface area contributed by atoms with E-state index < -0.39 is 11.4 Å². The molecule has 7 heteroatoms. The van der Waals surface area contributed by atoms with Crippen molar-refractivity contribution in [3.8, 4) is 5.75 Å². The first-order chi connectivity index (χ1) is 11.9. The van der Waals surface area contributed by atoms with E-state index in [-0.39, 0.29) is 24.8 Å². The zero-order valence-corrected chi connectivity index (χ0v) is 14.6. The summed E-state index contributed by atoms with van der Waals surface area (Å²) in [6, 6.07) is 6.93. The summed E-state index contributed by atoms with van der Waals surface area (Å²) in [6.07, 6.45) is 1.80. The van der Waals surface area contributed by atoms with Gasteiger partial charge in [-0.1, -0.05) is 12.5 Å². The zero-order chi connectivity index (χ0) is 18.4. The van der Waals surface area contributed by atoms with Crippen molar-refractivity contribution in [3.63, 3.8) is 0 Å². The first kappa shape index (κ1) is 18.8. The number of methoxy groups -OCH3 is 1. The van der Waals surface area contributed by atoms with E-state index in [4.69, 9.17) is 4.74 Å². The first-order valence-electron chi connectivity index (χ1n) is 8.35. The summed E-state index contributed by atoms with van der Waals surface area (Å²) in [5, 5.41) is 12.1. The van der Waals surface area contributed by atoms with Gasteiger partial charge in [0.25, 0.3) is 0 Å². The normalized spacial score (nSPS) is 15.0. The van der Waals surface area contributed by atoms with Crippen molar-refractivity contribution in [2.75, 3.05) is 25.5 Å². The largest absolute Gasteiger partial charge is 0.497 e. The lowest BCUT2D eigenvalue weighted by molar-refractivity contribution is -0.159. The van der Waals surface area contributed by atoms with Gasteiger partial charge in [0, 0.05) is 24.7 Å². The third-order valence-corrected chi connectivity index (χ3v) is 4.68. The van der Waals surface area contributed by atoms with Gasteiger partial charge in [0.05, 0.1) is 19.1 Å². The number of ether oxygens (including phenoxy) is 1. The first-order valence-corrected chi connectivity index (χ1v) is 8.35. The molecule has 1 fully saturated rings. The molecule has 136 valence electrons. The smallest absolute Gasteiger partial charge is 0.310 e. The van der Waals surface area contributed by atoms with Gasteiger partial charge in [0.1, 0.15) is 5.75 Å². The number of carboxylic acid groups (broad SMARTS) is 1. The topological polar surface area (TPSA) is 95.9 Å². The lowest BCUT2D eigenvalue weighted by Gasteiger charge is -2.38. The molecule has 0 aliphatic heterocycles. The fourth-order valence-electron chi connectivity index (χ4n) is 2.92. The Morgan fingerprint density at radius 1 is 1.32 bits per heavy atom. The molecule has 7 nitrogen and oxygen atoms in total. The average molecular weight is 348 g/mol. The predicted octanol–water partition coefficient (Wildman–Crippen LogP) is 2.13. The number of nitrogens with one attached hydrogen (secondary N) is 1. The monoisotopic (exact) mass is 348 g/mol. The van der Waals surface area contributed by atoms with E-state index in [1.165, 1.54) is 12.0 Å². The number of carbonyl (C=O) groups excluding carboxylic acids is 2. The van der Waals surface area contributed by atoms with Crippen molar-refractivity contribution in [2.24, 2.45) is 5.41 Å². The van der Waals surface area contributed by atoms with Crippen LogP contribution in [-0.4, -0.2) is 48.0 Å². The van der Waals surface area contributed by atoms with E-state index in [9.17, 15) is 19.5 Å². The van der Waals surface area contributed by atoms with E-state index in [1.54, 1.807) is 31.2 Å². The number of amides is 2. The number of anilines is 1. The Hall–Kier alpha value is -2.57. The fourth-order valence-corrected chi connectivity index (χ4v) is 2.92. The van der Waals surface area contributed by atoms with Crippen molar-refractivity contribution in [1.82, 2.24) is 4.90 Å². The number of carboxylic acids is 1. The van der Waals surface area contributed by atoms with Crippen LogP contribution in [0.15, 0.2) is 24.3 Å². The molecular formula is C18H24N2O5. The van der Waals surface area contributed by atoms with Crippen molar-refractivity contribution in [1.29, 1.82) is 0 Å². The van der Waals surface area contributed by atoms with Crippen LogP contribution in [0, 0.1) is 5.41 Å². The molecule has 0 heterocycles. The van der Waals surface area contributed by atoms with Crippen LogP contribution in [0.25, 0.3) is 0 Å². The lowest BCUT2D eigenvalue weighted by atomic mass is 9.66. The third-order valence-electron chi connectivity index (χ3n) is 4.68. The number of benzene rings is 1. The molecular weight excluding hydrogens is 324 g/mol. The van der Waals surface area contributed by atoms with Crippen LogP contribution in [-0.2, 0) is 14.4 Å². The SMILES string of the molecule is CCN(CC(=O)Nc1cccc(OC)c1)C(=O)CC1(C(=O)O)CCC1. The van der Waals surface area contributed by atoms with E-state index >= 15 is 0 Å². The van der Waals surface area contributed by atoms with Gasteiger partial charge in [-0.05, 0) is 31.9 Å². The maximum Gasteiger partial charge on any atom is 0.310 e. The van der Waals surface area contributed by atoms with E-state index in [1.807, 2.05) is 0 Å². The van der Waals surface area contributed by atoms with Crippen LogP contribution >= 0.6 is 0 Å². The van der Waals surface area contributed by atoms with Gasteiger partial charge >= 0.3 is 5.97 Å². The zero-order valence-electron chi connectivity index (χ0n) is 14.6. The maximum atomic E-state index is 12.4. The Morgan fingerprint density at radius 2 is 2.04 bits per heavy atom. The molecule has 1 aromatic carbocycles. The lowest BCUT2D eigenvalue weighted by Crippen LogP contribution is -2.45. The summed E-state index contributed by atoms with van der Waals surface area (Å²) in [6.45, 7) is 2.01. The molecule has 25 heavy (non-hydrogen) atoms. The molecule has 0 spiro atoms. The number of hydrogen-bond acceptors (Lipinski definition) is 4. The number of rotatable bonds is 8. The highest BCUT2D eigenvalue weighted by molar-refractivity contribution is 5.95. The molecule has 1 aliphatic carbocycles. The number of aliphatic carboxylic acids is 1. The van der Waals surface area contributed by atoms with Gasteiger partial charge in [0.15, 0.2) is 0 Å². The second-order valence-electron chi connectivity index (χ2n) is 6.30. The highest BCUT2D eigenvalue weighted by Crippen LogP contribution is 2.44. The van der Waals surface area contributed by atoms with Crippen LogP contribution in [0.3, 0.4) is 0 Å². The number of hydrogen-bond donors (Lipinski definition) is 2.